The highest BCUT2D eigenvalue weighted by molar-refractivity contribution is 9.10. The van der Waals surface area contributed by atoms with E-state index in [0.717, 1.165) is 19.0 Å². The molecule has 1 saturated carbocycles. The third-order valence-electron chi connectivity index (χ3n) is 4.94. The van der Waals surface area contributed by atoms with Crippen molar-refractivity contribution >= 4 is 53.9 Å². The Hall–Kier alpha value is -1.87. The Bertz CT molecular complexity index is 1150. The zero-order chi connectivity index (χ0) is 22.6. The molecule has 4 nitrogen and oxygen atoms in total. The van der Waals surface area contributed by atoms with Crippen molar-refractivity contribution in [2.45, 2.75) is 51.9 Å². The second-order valence-corrected chi connectivity index (χ2v) is 8.82. The molecular formula is C22H23Br2F3N4. The van der Waals surface area contributed by atoms with Gasteiger partial charge in [-0.05, 0) is 55.7 Å². The number of nitrogens with zero attached hydrogens (tertiary/aromatic N) is 4. The Balaban J connectivity index is 0.000000163. The highest BCUT2D eigenvalue weighted by Crippen LogP contribution is 2.34. The van der Waals surface area contributed by atoms with Gasteiger partial charge < -0.3 is 9.13 Å². The lowest BCUT2D eigenvalue weighted by Gasteiger charge is -2.27. The summed E-state index contributed by atoms with van der Waals surface area (Å²) in [5, 5.41) is 0. The van der Waals surface area contributed by atoms with Crippen molar-refractivity contribution in [3.8, 4) is 0 Å². The molecule has 9 heteroatoms. The molecule has 0 N–H and O–H groups in total. The first-order chi connectivity index (χ1) is 14.8. The van der Waals surface area contributed by atoms with E-state index in [4.69, 9.17) is 0 Å². The van der Waals surface area contributed by atoms with Crippen LogP contribution in [0.25, 0.3) is 22.1 Å². The quantitative estimate of drug-likeness (QED) is 0.250. The van der Waals surface area contributed by atoms with Gasteiger partial charge >= 0.3 is 6.18 Å². The molecule has 0 atom stereocenters. The van der Waals surface area contributed by atoms with Crippen molar-refractivity contribution in [3.63, 3.8) is 0 Å². The fourth-order valence-corrected chi connectivity index (χ4v) is 4.00. The van der Waals surface area contributed by atoms with Crippen LogP contribution in [0.3, 0.4) is 0 Å². The first-order valence-corrected chi connectivity index (χ1v) is 11.7. The number of rotatable bonds is 2. The molecule has 0 amide bonds. The van der Waals surface area contributed by atoms with Crippen molar-refractivity contribution in [1.82, 2.24) is 19.1 Å². The number of imidazole rings is 2. The lowest BCUT2D eigenvalue weighted by Crippen LogP contribution is -2.16. The van der Waals surface area contributed by atoms with Crippen molar-refractivity contribution in [1.29, 1.82) is 0 Å². The Morgan fingerprint density at radius 2 is 1.45 bits per heavy atom. The van der Waals surface area contributed by atoms with Crippen LogP contribution in [0, 0.1) is 0 Å². The van der Waals surface area contributed by atoms with Crippen molar-refractivity contribution in [2.75, 3.05) is 0 Å². The van der Waals surface area contributed by atoms with Crippen molar-refractivity contribution in [3.05, 3.63) is 58.0 Å². The second-order valence-electron chi connectivity index (χ2n) is 6.99. The zero-order valence-electron chi connectivity index (χ0n) is 17.2. The van der Waals surface area contributed by atoms with Gasteiger partial charge in [-0.15, -0.1) is 0 Å². The molecule has 166 valence electrons. The molecule has 2 aromatic carbocycles. The van der Waals surface area contributed by atoms with Gasteiger partial charge in [0.05, 0.1) is 34.7 Å². The normalized spacial score (nSPS) is 13.9. The Kier molecular flexibility index (Phi) is 7.80. The lowest BCUT2D eigenvalue weighted by molar-refractivity contribution is -0.139. The van der Waals surface area contributed by atoms with Crippen LogP contribution < -0.4 is 0 Å². The summed E-state index contributed by atoms with van der Waals surface area (Å²) in [7, 11) is 0. The van der Waals surface area contributed by atoms with Gasteiger partial charge in [0.25, 0.3) is 0 Å². The number of benzene rings is 2. The van der Waals surface area contributed by atoms with Gasteiger partial charge in [-0.25, -0.2) is 9.97 Å². The van der Waals surface area contributed by atoms with Crippen LogP contribution in [-0.4, -0.2) is 25.3 Å². The first-order valence-electron chi connectivity index (χ1n) is 10.1. The minimum atomic E-state index is -4.23. The summed E-state index contributed by atoms with van der Waals surface area (Å²) in [5.74, 6) is 0. The molecule has 1 aliphatic carbocycles. The summed E-state index contributed by atoms with van der Waals surface area (Å²) in [6, 6.07) is 12.0. The van der Waals surface area contributed by atoms with Crippen LogP contribution >= 0.6 is 31.9 Å². The Morgan fingerprint density at radius 3 is 2.00 bits per heavy atom. The van der Waals surface area contributed by atoms with Crippen LogP contribution in [0.4, 0.5) is 13.2 Å². The van der Waals surface area contributed by atoms with E-state index >= 15 is 0 Å². The first kappa shape index (κ1) is 23.8. The molecule has 1 fully saturated rings. The molecule has 2 heterocycles. The standard InChI is InChI=1S/C11H11BrN2.C9H6BrF3N2.C2H6/c12-8-4-5-10-11(6-8)14(7-13-10)9-2-1-3-9;10-6-1-2-7-8(3-6)15(5-14-7)4-9(11,12)13;1-2/h4-7,9H,1-3H2;1-3,5H,4H2;1-2H3. The number of aromatic nitrogens is 4. The molecule has 2 aromatic heterocycles. The molecule has 0 saturated heterocycles. The van der Waals surface area contributed by atoms with Crippen LogP contribution in [0.5, 0.6) is 0 Å². The SMILES string of the molecule is Brc1ccc2ncn(C3CCC3)c2c1.CC.FC(F)(F)Cn1cnc2ccc(Br)cc21. The average Bonchev–Trinajstić information content (AvgIpc) is 3.26. The monoisotopic (exact) mass is 558 g/mol. The summed E-state index contributed by atoms with van der Waals surface area (Å²) in [5.41, 5.74) is 3.38. The second kappa shape index (κ2) is 10.2. The minimum absolute atomic E-state index is 0.474. The zero-order valence-corrected chi connectivity index (χ0v) is 20.4. The van der Waals surface area contributed by atoms with E-state index in [0.29, 0.717) is 17.1 Å². The molecule has 4 aromatic rings. The van der Waals surface area contributed by atoms with Gasteiger partial charge in [-0.1, -0.05) is 45.7 Å². The maximum absolute atomic E-state index is 12.2. The van der Waals surface area contributed by atoms with Crippen LogP contribution in [0.2, 0.25) is 0 Å². The molecule has 5 rings (SSSR count). The summed E-state index contributed by atoms with van der Waals surface area (Å²) in [4.78, 5) is 8.29. The fourth-order valence-electron chi connectivity index (χ4n) is 3.30. The van der Waals surface area contributed by atoms with E-state index in [2.05, 4.69) is 58.5 Å². The highest BCUT2D eigenvalue weighted by atomic mass is 79.9. The smallest absolute Gasteiger partial charge is 0.327 e. The summed E-state index contributed by atoms with van der Waals surface area (Å²) in [6.45, 7) is 2.99. The van der Waals surface area contributed by atoms with Gasteiger partial charge in [-0.3, -0.25) is 0 Å². The van der Waals surface area contributed by atoms with E-state index in [1.165, 1.54) is 31.1 Å². The minimum Gasteiger partial charge on any atom is -0.327 e. The van der Waals surface area contributed by atoms with Gasteiger partial charge in [0.15, 0.2) is 0 Å². The molecule has 31 heavy (non-hydrogen) atoms. The van der Waals surface area contributed by atoms with Crippen molar-refractivity contribution < 1.29 is 13.2 Å². The largest absolute Gasteiger partial charge is 0.406 e. The number of hydrogen-bond acceptors (Lipinski definition) is 2. The van der Waals surface area contributed by atoms with E-state index in [9.17, 15) is 13.2 Å². The topological polar surface area (TPSA) is 35.6 Å². The average molecular weight is 560 g/mol. The number of halogens is 5. The third kappa shape index (κ3) is 5.88. The highest BCUT2D eigenvalue weighted by Gasteiger charge is 2.28. The van der Waals surface area contributed by atoms with Gasteiger partial charge in [0, 0.05) is 15.0 Å². The Morgan fingerprint density at radius 1 is 0.903 bits per heavy atom. The third-order valence-corrected chi connectivity index (χ3v) is 5.92. The molecule has 1 aliphatic rings. The molecule has 0 radical (unpaired) electrons. The maximum atomic E-state index is 12.2. The van der Waals surface area contributed by atoms with E-state index in [1.54, 1.807) is 18.2 Å². The Labute approximate surface area is 195 Å². The van der Waals surface area contributed by atoms with Crippen LogP contribution in [-0.2, 0) is 6.54 Å². The summed E-state index contributed by atoms with van der Waals surface area (Å²) >= 11 is 6.71. The van der Waals surface area contributed by atoms with E-state index < -0.39 is 12.7 Å². The van der Waals surface area contributed by atoms with Gasteiger partial charge in [0.2, 0.25) is 0 Å². The van der Waals surface area contributed by atoms with Crippen LogP contribution in [0.15, 0.2) is 58.0 Å². The molecule has 0 aliphatic heterocycles. The number of alkyl halides is 3. The van der Waals surface area contributed by atoms with Gasteiger partial charge in [-0.2, -0.15) is 13.2 Å². The lowest BCUT2D eigenvalue weighted by atomic mass is 9.93. The van der Waals surface area contributed by atoms with E-state index in [-0.39, 0.29) is 0 Å². The predicted molar refractivity (Wildman–Crippen MR) is 125 cm³/mol. The van der Waals surface area contributed by atoms with Crippen molar-refractivity contribution in [2.24, 2.45) is 0 Å². The van der Waals surface area contributed by atoms with Crippen LogP contribution in [0.1, 0.15) is 39.2 Å². The predicted octanol–water partition coefficient (Wildman–Crippen LogP) is 7.91. The fraction of sp³-hybridized carbons (Fsp3) is 0.364. The van der Waals surface area contributed by atoms with E-state index in [1.807, 2.05) is 26.2 Å². The van der Waals surface area contributed by atoms with Gasteiger partial charge in [0.1, 0.15) is 6.54 Å². The molecule has 0 spiro atoms. The molecule has 0 bridgehead atoms. The molecular weight excluding hydrogens is 537 g/mol. The maximum Gasteiger partial charge on any atom is 0.406 e. The molecule has 0 unspecified atom stereocenters. The summed E-state index contributed by atoms with van der Waals surface area (Å²) < 4.78 is 41.8. The number of hydrogen-bond donors (Lipinski definition) is 0. The summed E-state index contributed by atoms with van der Waals surface area (Å²) in [6.07, 6.45) is 2.91. The number of fused-ring (bicyclic) bond motifs is 2.